The van der Waals surface area contributed by atoms with Crippen molar-refractivity contribution in [2.24, 2.45) is 0 Å². The van der Waals surface area contributed by atoms with Gasteiger partial charge in [-0.15, -0.1) is 0 Å². The second-order valence-electron chi connectivity index (χ2n) is 6.19. The SMILES string of the molecule is O=C(/C=C/c1ccccc1)C(=Cc1ccccc1)C(=O)/C=C/c1ccccc1. The van der Waals surface area contributed by atoms with Crippen LogP contribution in [0.5, 0.6) is 0 Å². The van der Waals surface area contributed by atoms with Crippen molar-refractivity contribution < 1.29 is 9.59 Å². The van der Waals surface area contributed by atoms with Crippen molar-refractivity contribution in [1.82, 2.24) is 0 Å². The van der Waals surface area contributed by atoms with E-state index in [1.807, 2.05) is 91.0 Å². The Labute approximate surface area is 165 Å². The first-order chi connectivity index (χ1) is 13.7. The van der Waals surface area contributed by atoms with Gasteiger partial charge in [-0.05, 0) is 34.9 Å². The first kappa shape index (κ1) is 19.0. The van der Waals surface area contributed by atoms with Crippen molar-refractivity contribution in [2.75, 3.05) is 0 Å². The minimum Gasteiger partial charge on any atom is -0.289 e. The van der Waals surface area contributed by atoms with Gasteiger partial charge in [0, 0.05) is 0 Å². The highest BCUT2D eigenvalue weighted by atomic mass is 16.1. The van der Waals surface area contributed by atoms with E-state index in [1.54, 1.807) is 18.2 Å². The van der Waals surface area contributed by atoms with Crippen LogP contribution in [0.25, 0.3) is 18.2 Å². The lowest BCUT2D eigenvalue weighted by atomic mass is 10.0. The molecule has 28 heavy (non-hydrogen) atoms. The molecule has 3 aromatic rings. The molecule has 0 atom stereocenters. The molecule has 0 aliphatic heterocycles. The zero-order valence-electron chi connectivity index (χ0n) is 15.4. The van der Waals surface area contributed by atoms with E-state index in [4.69, 9.17) is 0 Å². The van der Waals surface area contributed by atoms with E-state index in [0.717, 1.165) is 16.7 Å². The Hall–Kier alpha value is -3.78. The summed E-state index contributed by atoms with van der Waals surface area (Å²) in [5.74, 6) is -0.647. The summed E-state index contributed by atoms with van der Waals surface area (Å²) >= 11 is 0. The lowest BCUT2D eigenvalue weighted by Gasteiger charge is -2.01. The molecular formula is C26H20O2. The molecule has 0 saturated carbocycles. The van der Waals surface area contributed by atoms with Gasteiger partial charge >= 0.3 is 0 Å². The molecule has 3 rings (SSSR count). The molecule has 136 valence electrons. The largest absolute Gasteiger partial charge is 0.289 e. The van der Waals surface area contributed by atoms with Crippen molar-refractivity contribution in [3.63, 3.8) is 0 Å². The van der Waals surface area contributed by atoms with Crippen LogP contribution in [0.15, 0.2) is 109 Å². The molecule has 0 bridgehead atoms. The third-order valence-electron chi connectivity index (χ3n) is 4.09. The lowest BCUT2D eigenvalue weighted by molar-refractivity contribution is -0.116. The van der Waals surface area contributed by atoms with Crippen molar-refractivity contribution in [3.05, 3.63) is 125 Å². The Morgan fingerprint density at radius 1 is 0.500 bits per heavy atom. The van der Waals surface area contributed by atoms with Crippen molar-refractivity contribution in [3.8, 4) is 0 Å². The third-order valence-corrected chi connectivity index (χ3v) is 4.09. The summed E-state index contributed by atoms with van der Waals surface area (Å²) in [6.07, 6.45) is 7.96. The van der Waals surface area contributed by atoms with Gasteiger partial charge in [0.15, 0.2) is 11.6 Å². The normalized spacial score (nSPS) is 10.9. The van der Waals surface area contributed by atoms with Gasteiger partial charge in [0.2, 0.25) is 0 Å². The fourth-order valence-corrected chi connectivity index (χ4v) is 2.63. The Bertz CT molecular complexity index is 948. The van der Waals surface area contributed by atoms with Crippen LogP contribution in [-0.4, -0.2) is 11.6 Å². The topological polar surface area (TPSA) is 34.1 Å². The third kappa shape index (κ3) is 5.61. The number of carbonyl (C=O) groups is 2. The Morgan fingerprint density at radius 3 is 1.25 bits per heavy atom. The maximum Gasteiger partial charge on any atom is 0.189 e. The van der Waals surface area contributed by atoms with Gasteiger partial charge in [-0.2, -0.15) is 0 Å². The van der Waals surface area contributed by atoms with Gasteiger partial charge < -0.3 is 0 Å². The molecule has 0 aliphatic carbocycles. The maximum absolute atomic E-state index is 12.8. The summed E-state index contributed by atoms with van der Waals surface area (Å²) in [4.78, 5) is 25.5. The molecule has 0 unspecified atom stereocenters. The fourth-order valence-electron chi connectivity index (χ4n) is 2.63. The molecule has 0 heterocycles. The number of hydrogen-bond acceptors (Lipinski definition) is 2. The van der Waals surface area contributed by atoms with Crippen LogP contribution in [0.2, 0.25) is 0 Å². The molecule has 0 radical (unpaired) electrons. The summed E-state index contributed by atoms with van der Waals surface area (Å²) in [7, 11) is 0. The molecule has 0 N–H and O–H groups in total. The summed E-state index contributed by atoms with van der Waals surface area (Å²) in [5, 5.41) is 0. The van der Waals surface area contributed by atoms with Crippen LogP contribution in [0.1, 0.15) is 16.7 Å². The fraction of sp³-hybridized carbons (Fsp3) is 0. The Kier molecular flexibility index (Phi) is 6.64. The number of hydrogen-bond donors (Lipinski definition) is 0. The van der Waals surface area contributed by atoms with Gasteiger partial charge in [0.25, 0.3) is 0 Å². The van der Waals surface area contributed by atoms with Crippen molar-refractivity contribution in [1.29, 1.82) is 0 Å². The lowest BCUT2D eigenvalue weighted by Crippen LogP contribution is -2.08. The molecule has 2 nitrogen and oxygen atoms in total. The highest BCUT2D eigenvalue weighted by Crippen LogP contribution is 2.13. The average Bonchev–Trinajstić information content (AvgIpc) is 2.76. The summed E-state index contributed by atoms with van der Waals surface area (Å²) < 4.78 is 0. The summed E-state index contributed by atoms with van der Waals surface area (Å²) in [5.41, 5.74) is 2.75. The zero-order valence-corrected chi connectivity index (χ0v) is 15.4. The van der Waals surface area contributed by atoms with E-state index < -0.39 is 0 Å². The van der Waals surface area contributed by atoms with E-state index in [9.17, 15) is 9.59 Å². The minimum atomic E-state index is -0.324. The Balaban J connectivity index is 1.87. The predicted molar refractivity (Wildman–Crippen MR) is 115 cm³/mol. The second-order valence-corrected chi connectivity index (χ2v) is 6.19. The van der Waals surface area contributed by atoms with Gasteiger partial charge in [-0.3, -0.25) is 9.59 Å². The number of benzene rings is 3. The summed E-state index contributed by atoms with van der Waals surface area (Å²) in [6, 6.07) is 28.4. The highest BCUT2D eigenvalue weighted by molar-refractivity contribution is 6.31. The number of carbonyl (C=O) groups excluding carboxylic acids is 2. The molecule has 0 saturated heterocycles. The summed E-state index contributed by atoms with van der Waals surface area (Å²) in [6.45, 7) is 0. The van der Waals surface area contributed by atoms with Crippen LogP contribution < -0.4 is 0 Å². The standard InChI is InChI=1S/C26H20O2/c27-25(18-16-21-10-4-1-5-11-21)24(20-23-14-8-3-9-15-23)26(28)19-17-22-12-6-2-7-13-22/h1-20H/b18-16+,19-17+. The molecular weight excluding hydrogens is 344 g/mol. The highest BCUT2D eigenvalue weighted by Gasteiger charge is 2.13. The van der Waals surface area contributed by atoms with Gasteiger partial charge in [0.1, 0.15) is 0 Å². The molecule has 0 aliphatic rings. The van der Waals surface area contributed by atoms with Crippen LogP contribution >= 0.6 is 0 Å². The van der Waals surface area contributed by atoms with E-state index in [0.29, 0.717) is 0 Å². The molecule has 0 spiro atoms. The first-order valence-electron chi connectivity index (χ1n) is 9.04. The zero-order chi connectivity index (χ0) is 19.6. The van der Waals surface area contributed by atoms with Gasteiger partial charge in [0.05, 0.1) is 5.57 Å². The molecule has 0 aromatic heterocycles. The van der Waals surface area contributed by atoms with Gasteiger partial charge in [-0.1, -0.05) is 103 Å². The van der Waals surface area contributed by atoms with E-state index in [2.05, 4.69) is 0 Å². The monoisotopic (exact) mass is 364 g/mol. The van der Waals surface area contributed by atoms with Gasteiger partial charge in [-0.25, -0.2) is 0 Å². The molecule has 3 aromatic carbocycles. The average molecular weight is 364 g/mol. The maximum atomic E-state index is 12.8. The van der Waals surface area contributed by atoms with E-state index >= 15 is 0 Å². The van der Waals surface area contributed by atoms with Crippen LogP contribution in [0, 0.1) is 0 Å². The van der Waals surface area contributed by atoms with Crippen LogP contribution in [-0.2, 0) is 9.59 Å². The molecule has 0 amide bonds. The number of ketones is 2. The Morgan fingerprint density at radius 2 is 0.857 bits per heavy atom. The number of rotatable bonds is 7. The smallest absolute Gasteiger partial charge is 0.189 e. The van der Waals surface area contributed by atoms with Crippen LogP contribution in [0.4, 0.5) is 0 Å². The number of allylic oxidation sites excluding steroid dienone is 3. The van der Waals surface area contributed by atoms with Crippen molar-refractivity contribution in [2.45, 2.75) is 0 Å². The minimum absolute atomic E-state index is 0.130. The van der Waals surface area contributed by atoms with E-state index in [-0.39, 0.29) is 17.1 Å². The quantitative estimate of drug-likeness (QED) is 0.309. The first-order valence-corrected chi connectivity index (χ1v) is 9.04. The second kappa shape index (κ2) is 9.79. The predicted octanol–water partition coefficient (Wildman–Crippen LogP) is 5.64. The van der Waals surface area contributed by atoms with Crippen molar-refractivity contribution >= 4 is 29.8 Å². The molecule has 0 fully saturated rings. The van der Waals surface area contributed by atoms with E-state index in [1.165, 1.54) is 12.2 Å². The van der Waals surface area contributed by atoms with Crippen LogP contribution in [0.3, 0.4) is 0 Å². The molecule has 2 heteroatoms.